The van der Waals surface area contributed by atoms with E-state index < -0.39 is 0 Å². The molecule has 2 rings (SSSR count). The molecule has 0 aromatic heterocycles. The molecule has 0 saturated heterocycles. The summed E-state index contributed by atoms with van der Waals surface area (Å²) in [6, 6.07) is 11.6. The molecular weight excluding hydrogens is 180 g/mol. The third kappa shape index (κ3) is 2.71. The van der Waals surface area contributed by atoms with Crippen LogP contribution in [-0.2, 0) is 0 Å². The first kappa shape index (κ1) is 10.5. The quantitative estimate of drug-likeness (QED) is 0.635. The molecule has 1 aliphatic carbocycles. The van der Waals surface area contributed by atoms with E-state index >= 15 is 0 Å². The fraction of sp³-hybridized carbons (Fsp3) is 0.467. The lowest BCUT2D eigenvalue weighted by Gasteiger charge is -2.28. The van der Waals surface area contributed by atoms with E-state index in [1.165, 1.54) is 37.7 Å². The zero-order valence-electron chi connectivity index (χ0n) is 9.28. The first-order valence-corrected chi connectivity index (χ1v) is 5.97. The predicted molar refractivity (Wildman–Crippen MR) is 64.8 cm³/mol. The molecule has 0 atom stereocenters. The molecule has 0 heterocycles. The largest absolute Gasteiger partial charge is 0.103 e. The zero-order chi connectivity index (χ0) is 10.5. The molecule has 0 N–H and O–H groups in total. The van der Waals surface area contributed by atoms with Gasteiger partial charge >= 0.3 is 0 Å². The topological polar surface area (TPSA) is 0 Å². The van der Waals surface area contributed by atoms with Crippen LogP contribution < -0.4 is 0 Å². The molecule has 0 nitrogen and oxygen atoms in total. The van der Waals surface area contributed by atoms with Gasteiger partial charge in [-0.25, -0.2) is 0 Å². The minimum Gasteiger partial charge on any atom is -0.103 e. The highest BCUT2D eigenvalue weighted by Gasteiger charge is 2.20. The van der Waals surface area contributed by atoms with Gasteiger partial charge in [0.1, 0.15) is 0 Å². The van der Waals surface area contributed by atoms with E-state index in [1.54, 1.807) is 0 Å². The Morgan fingerprint density at radius 3 is 2.47 bits per heavy atom. The monoisotopic (exact) mass is 199 g/mol. The summed E-state index contributed by atoms with van der Waals surface area (Å²) in [5.74, 6) is 1.69. The zero-order valence-corrected chi connectivity index (χ0v) is 9.28. The standard InChI is InChI=1S/C15H19/c1-2-6-13-9-11-15(12-10-13)14-7-4-3-5-8-14/h2,4-5,7-8,13,15H,1,6,9-12H2/t13-,15-. The molecule has 1 radical (unpaired) electrons. The van der Waals surface area contributed by atoms with Gasteiger partial charge in [-0.2, -0.15) is 0 Å². The number of hydrogen-bond acceptors (Lipinski definition) is 0. The highest BCUT2D eigenvalue weighted by atomic mass is 14.3. The molecule has 15 heavy (non-hydrogen) atoms. The maximum atomic E-state index is 3.83. The lowest BCUT2D eigenvalue weighted by Crippen LogP contribution is -2.12. The summed E-state index contributed by atoms with van der Waals surface area (Å²) < 4.78 is 0. The van der Waals surface area contributed by atoms with Gasteiger partial charge in [0.15, 0.2) is 0 Å². The average Bonchev–Trinajstić information content (AvgIpc) is 2.32. The number of rotatable bonds is 3. The Balaban J connectivity index is 1.91. The lowest BCUT2D eigenvalue weighted by molar-refractivity contribution is 0.328. The van der Waals surface area contributed by atoms with Gasteiger partial charge in [0.2, 0.25) is 0 Å². The summed E-state index contributed by atoms with van der Waals surface area (Å²) in [5.41, 5.74) is 1.51. The molecule has 0 unspecified atom stereocenters. The Labute approximate surface area is 93.0 Å². The van der Waals surface area contributed by atoms with Crippen molar-refractivity contribution in [1.29, 1.82) is 0 Å². The molecule has 1 saturated carbocycles. The summed E-state index contributed by atoms with van der Waals surface area (Å²) >= 11 is 0. The second-order valence-electron chi connectivity index (χ2n) is 4.58. The second-order valence-corrected chi connectivity index (χ2v) is 4.58. The van der Waals surface area contributed by atoms with Crippen LogP contribution in [0.15, 0.2) is 36.9 Å². The molecule has 1 aromatic rings. The van der Waals surface area contributed by atoms with Gasteiger partial charge in [-0.1, -0.05) is 30.3 Å². The fourth-order valence-corrected chi connectivity index (χ4v) is 2.64. The van der Waals surface area contributed by atoms with Gasteiger partial charge in [0.25, 0.3) is 0 Å². The van der Waals surface area contributed by atoms with Crippen molar-refractivity contribution in [2.24, 2.45) is 5.92 Å². The van der Waals surface area contributed by atoms with Crippen LogP contribution >= 0.6 is 0 Å². The Morgan fingerprint density at radius 2 is 1.87 bits per heavy atom. The molecule has 0 bridgehead atoms. The Morgan fingerprint density at radius 1 is 1.20 bits per heavy atom. The molecule has 0 amide bonds. The maximum absolute atomic E-state index is 3.83. The van der Waals surface area contributed by atoms with Crippen LogP contribution in [0.1, 0.15) is 43.6 Å². The van der Waals surface area contributed by atoms with E-state index in [9.17, 15) is 0 Å². The first-order chi connectivity index (χ1) is 7.40. The third-order valence-corrected chi connectivity index (χ3v) is 3.56. The van der Waals surface area contributed by atoms with E-state index in [1.807, 2.05) is 12.1 Å². The molecule has 0 spiro atoms. The van der Waals surface area contributed by atoms with Gasteiger partial charge in [0, 0.05) is 0 Å². The molecule has 1 aromatic carbocycles. The van der Waals surface area contributed by atoms with Crippen LogP contribution in [0.5, 0.6) is 0 Å². The summed E-state index contributed by atoms with van der Waals surface area (Å²) in [5, 5.41) is 0. The normalized spacial score (nSPS) is 26.1. The number of benzene rings is 1. The van der Waals surface area contributed by atoms with Crippen molar-refractivity contribution in [3.8, 4) is 0 Å². The first-order valence-electron chi connectivity index (χ1n) is 5.97. The Kier molecular flexibility index (Phi) is 3.60. The molecule has 1 aliphatic rings. The highest BCUT2D eigenvalue weighted by molar-refractivity contribution is 5.19. The van der Waals surface area contributed by atoms with Crippen LogP contribution in [0.4, 0.5) is 0 Å². The summed E-state index contributed by atoms with van der Waals surface area (Å²) in [6.07, 6.45) is 8.72. The summed E-state index contributed by atoms with van der Waals surface area (Å²) in [4.78, 5) is 0. The Hall–Kier alpha value is -1.04. The van der Waals surface area contributed by atoms with Crippen molar-refractivity contribution in [2.75, 3.05) is 0 Å². The fourth-order valence-electron chi connectivity index (χ4n) is 2.64. The van der Waals surface area contributed by atoms with Gasteiger partial charge < -0.3 is 0 Å². The SMILES string of the molecule is C=CC[C@H]1CC[C@H](c2cc[c]cc2)CC1. The highest BCUT2D eigenvalue weighted by Crippen LogP contribution is 2.36. The van der Waals surface area contributed by atoms with E-state index in [4.69, 9.17) is 0 Å². The van der Waals surface area contributed by atoms with E-state index in [-0.39, 0.29) is 0 Å². The molecule has 1 fully saturated rings. The Bertz CT molecular complexity index is 291. The maximum Gasteiger partial charge on any atom is -0.0162 e. The predicted octanol–water partition coefficient (Wildman–Crippen LogP) is 4.34. The van der Waals surface area contributed by atoms with Crippen molar-refractivity contribution in [1.82, 2.24) is 0 Å². The molecule has 79 valence electrons. The molecule has 0 aliphatic heterocycles. The lowest BCUT2D eigenvalue weighted by atomic mass is 9.78. The van der Waals surface area contributed by atoms with Crippen LogP contribution in [0.2, 0.25) is 0 Å². The van der Waals surface area contributed by atoms with Crippen LogP contribution in [0, 0.1) is 12.0 Å². The average molecular weight is 199 g/mol. The van der Waals surface area contributed by atoms with Crippen LogP contribution in [-0.4, -0.2) is 0 Å². The van der Waals surface area contributed by atoms with Gasteiger partial charge in [-0.3, -0.25) is 0 Å². The van der Waals surface area contributed by atoms with E-state index in [2.05, 4.69) is 30.9 Å². The summed E-state index contributed by atoms with van der Waals surface area (Å²) in [6.45, 7) is 3.83. The third-order valence-electron chi connectivity index (χ3n) is 3.56. The van der Waals surface area contributed by atoms with Crippen molar-refractivity contribution in [3.05, 3.63) is 48.6 Å². The van der Waals surface area contributed by atoms with E-state index in [0.717, 1.165) is 11.8 Å². The van der Waals surface area contributed by atoms with Crippen molar-refractivity contribution < 1.29 is 0 Å². The minimum atomic E-state index is 0.792. The van der Waals surface area contributed by atoms with Gasteiger partial charge in [-0.05, 0) is 55.6 Å². The second kappa shape index (κ2) is 5.16. The molecule has 0 heteroatoms. The number of hydrogen-bond donors (Lipinski definition) is 0. The van der Waals surface area contributed by atoms with Crippen molar-refractivity contribution in [2.45, 2.75) is 38.0 Å². The van der Waals surface area contributed by atoms with Crippen molar-refractivity contribution in [3.63, 3.8) is 0 Å². The number of allylic oxidation sites excluding steroid dienone is 1. The van der Waals surface area contributed by atoms with Crippen LogP contribution in [0.25, 0.3) is 0 Å². The van der Waals surface area contributed by atoms with Crippen LogP contribution in [0.3, 0.4) is 0 Å². The van der Waals surface area contributed by atoms with Gasteiger partial charge in [-0.15, -0.1) is 6.58 Å². The smallest absolute Gasteiger partial charge is 0.0162 e. The van der Waals surface area contributed by atoms with E-state index in [0.29, 0.717) is 0 Å². The summed E-state index contributed by atoms with van der Waals surface area (Å²) in [7, 11) is 0. The minimum absolute atomic E-state index is 0.792. The van der Waals surface area contributed by atoms with Gasteiger partial charge in [0.05, 0.1) is 0 Å². The molecular formula is C15H19. The van der Waals surface area contributed by atoms with Crippen molar-refractivity contribution >= 4 is 0 Å².